The van der Waals surface area contributed by atoms with Crippen molar-refractivity contribution >= 4 is 17.5 Å². The minimum absolute atomic E-state index is 0.0457. The summed E-state index contributed by atoms with van der Waals surface area (Å²) >= 11 is 6.44. The summed E-state index contributed by atoms with van der Waals surface area (Å²) in [5, 5.41) is 18.8. The van der Waals surface area contributed by atoms with E-state index in [1.807, 2.05) is 61.2 Å². The Labute approximate surface area is 233 Å². The molecule has 1 aliphatic rings. The van der Waals surface area contributed by atoms with Gasteiger partial charge in [-0.15, -0.1) is 0 Å². The zero-order valence-electron chi connectivity index (χ0n) is 22.7. The van der Waals surface area contributed by atoms with Crippen molar-refractivity contribution in [3.8, 4) is 28.5 Å². The van der Waals surface area contributed by atoms with Crippen LogP contribution in [0.1, 0.15) is 58.2 Å². The number of carbonyl (C=O) groups is 1. The number of nitrogens with zero attached hydrogens (tertiary/aromatic N) is 2. The number of H-pyrrole nitrogens is 1. The van der Waals surface area contributed by atoms with Gasteiger partial charge in [-0.05, 0) is 60.7 Å². The molecule has 0 fully saturated rings. The van der Waals surface area contributed by atoms with Gasteiger partial charge >= 0.3 is 0 Å². The number of aromatic amines is 1. The van der Waals surface area contributed by atoms with Gasteiger partial charge in [0.15, 0.2) is 11.5 Å². The molecule has 1 atom stereocenters. The van der Waals surface area contributed by atoms with E-state index in [0.717, 1.165) is 22.3 Å². The second kappa shape index (κ2) is 10.7. The predicted octanol–water partition coefficient (Wildman–Crippen LogP) is 6.84. The number of phenols is 1. The lowest BCUT2D eigenvalue weighted by Crippen LogP contribution is -2.29. The SMILES string of the molecule is COc1cc(C2c3c(-c4cc(Cl)c(C)cc4O)n[nH]c3C(=O)N2Cc2ccc(C)cc2)ccc1OCC(C)C. The van der Waals surface area contributed by atoms with E-state index in [0.29, 0.717) is 58.1 Å². The molecule has 0 saturated carbocycles. The molecule has 1 aromatic heterocycles. The number of phenolic OH excluding ortho intramolecular Hbond substituents is 1. The molecular formula is C31H32ClN3O4. The molecule has 1 aliphatic heterocycles. The Morgan fingerprint density at radius 3 is 2.51 bits per heavy atom. The van der Waals surface area contributed by atoms with Gasteiger partial charge in [0.2, 0.25) is 0 Å². The molecule has 5 rings (SSSR count). The van der Waals surface area contributed by atoms with Gasteiger partial charge in [-0.25, -0.2) is 0 Å². The van der Waals surface area contributed by atoms with Gasteiger partial charge in [0.05, 0.1) is 19.8 Å². The van der Waals surface area contributed by atoms with Crippen LogP contribution >= 0.6 is 11.6 Å². The minimum atomic E-state index is -0.491. The number of aromatic hydroxyl groups is 1. The summed E-state index contributed by atoms with van der Waals surface area (Å²) in [5.41, 5.74) is 5.74. The highest BCUT2D eigenvalue weighted by atomic mass is 35.5. The molecule has 0 aliphatic carbocycles. The molecule has 3 aromatic carbocycles. The van der Waals surface area contributed by atoms with Gasteiger partial charge in [0, 0.05) is 22.7 Å². The van der Waals surface area contributed by atoms with Crippen LogP contribution in [-0.4, -0.2) is 39.8 Å². The fraction of sp³-hybridized carbons (Fsp3) is 0.290. The maximum atomic E-state index is 13.8. The number of aryl methyl sites for hydroxylation is 2. The number of benzene rings is 3. The number of hydrogen-bond acceptors (Lipinski definition) is 5. The monoisotopic (exact) mass is 545 g/mol. The summed E-state index contributed by atoms with van der Waals surface area (Å²) in [7, 11) is 1.60. The number of ether oxygens (including phenoxy) is 2. The highest BCUT2D eigenvalue weighted by Gasteiger charge is 2.43. The topological polar surface area (TPSA) is 87.7 Å². The summed E-state index contributed by atoms with van der Waals surface area (Å²) in [6.07, 6.45) is 0. The first-order valence-corrected chi connectivity index (χ1v) is 13.3. The Bertz CT molecular complexity index is 1530. The molecule has 1 unspecified atom stereocenters. The quantitative estimate of drug-likeness (QED) is 0.253. The smallest absolute Gasteiger partial charge is 0.273 e. The summed E-state index contributed by atoms with van der Waals surface area (Å²) in [6.45, 7) is 8.97. The molecule has 4 aromatic rings. The van der Waals surface area contributed by atoms with Crippen LogP contribution < -0.4 is 9.47 Å². The van der Waals surface area contributed by atoms with Gasteiger partial charge in [-0.1, -0.05) is 61.3 Å². The molecule has 1 amide bonds. The average Bonchev–Trinajstić information content (AvgIpc) is 3.45. The number of rotatable bonds is 8. The van der Waals surface area contributed by atoms with E-state index in [9.17, 15) is 9.90 Å². The lowest BCUT2D eigenvalue weighted by molar-refractivity contribution is 0.0730. The molecule has 2 heterocycles. The average molecular weight is 546 g/mol. The molecule has 0 saturated heterocycles. The first-order chi connectivity index (χ1) is 18.7. The molecule has 0 radical (unpaired) electrons. The van der Waals surface area contributed by atoms with Crippen molar-refractivity contribution in [2.24, 2.45) is 5.92 Å². The highest BCUT2D eigenvalue weighted by Crippen LogP contribution is 2.47. The fourth-order valence-corrected chi connectivity index (χ4v) is 5.05. The molecule has 8 heteroatoms. The van der Waals surface area contributed by atoms with Gasteiger partial charge in [-0.2, -0.15) is 5.10 Å². The maximum Gasteiger partial charge on any atom is 0.273 e. The van der Waals surface area contributed by atoms with Gasteiger partial charge in [0.25, 0.3) is 5.91 Å². The van der Waals surface area contributed by atoms with Crippen molar-refractivity contribution < 1.29 is 19.4 Å². The van der Waals surface area contributed by atoms with Crippen molar-refractivity contribution in [1.29, 1.82) is 0 Å². The predicted molar refractivity (Wildman–Crippen MR) is 152 cm³/mol. The number of amides is 1. The zero-order chi connectivity index (χ0) is 27.8. The third kappa shape index (κ3) is 5.06. The number of aromatic nitrogens is 2. The Morgan fingerprint density at radius 1 is 1.08 bits per heavy atom. The number of fused-ring (bicyclic) bond motifs is 1. The van der Waals surface area contributed by atoms with Gasteiger partial charge in [-0.3, -0.25) is 9.89 Å². The van der Waals surface area contributed by atoms with E-state index >= 15 is 0 Å². The first kappa shape index (κ1) is 26.6. The lowest BCUT2D eigenvalue weighted by atomic mass is 9.94. The van der Waals surface area contributed by atoms with E-state index in [4.69, 9.17) is 21.1 Å². The summed E-state index contributed by atoms with van der Waals surface area (Å²) in [4.78, 5) is 15.6. The Hall–Kier alpha value is -3.97. The van der Waals surface area contributed by atoms with Crippen LogP contribution in [0.3, 0.4) is 0 Å². The van der Waals surface area contributed by atoms with Crippen molar-refractivity contribution in [2.45, 2.75) is 40.3 Å². The molecule has 0 bridgehead atoms. The van der Waals surface area contributed by atoms with Crippen molar-refractivity contribution in [3.05, 3.63) is 93.1 Å². The molecule has 39 heavy (non-hydrogen) atoms. The first-order valence-electron chi connectivity index (χ1n) is 12.9. The van der Waals surface area contributed by atoms with Crippen LogP contribution in [0.2, 0.25) is 5.02 Å². The molecule has 7 nitrogen and oxygen atoms in total. The van der Waals surface area contributed by atoms with E-state index in [-0.39, 0.29) is 11.7 Å². The normalized spacial score (nSPS) is 14.7. The number of hydrogen-bond donors (Lipinski definition) is 2. The van der Waals surface area contributed by atoms with E-state index in [1.165, 1.54) is 0 Å². The Morgan fingerprint density at radius 2 is 1.82 bits per heavy atom. The highest BCUT2D eigenvalue weighted by molar-refractivity contribution is 6.31. The number of halogens is 1. The summed E-state index contributed by atoms with van der Waals surface area (Å²) in [5.74, 6) is 1.45. The maximum absolute atomic E-state index is 13.8. The van der Waals surface area contributed by atoms with Crippen LogP contribution in [0.4, 0.5) is 0 Å². The minimum Gasteiger partial charge on any atom is -0.507 e. The van der Waals surface area contributed by atoms with E-state index in [2.05, 4.69) is 24.0 Å². The molecule has 202 valence electrons. The second-order valence-electron chi connectivity index (χ2n) is 10.4. The largest absolute Gasteiger partial charge is 0.507 e. The fourth-order valence-electron chi connectivity index (χ4n) is 4.89. The van der Waals surface area contributed by atoms with Crippen LogP contribution in [0.15, 0.2) is 54.6 Å². The lowest BCUT2D eigenvalue weighted by Gasteiger charge is -2.27. The van der Waals surface area contributed by atoms with Gasteiger partial charge in [0.1, 0.15) is 17.1 Å². The molecule has 0 spiro atoms. The van der Waals surface area contributed by atoms with Crippen molar-refractivity contribution in [1.82, 2.24) is 15.1 Å². The molecule has 2 N–H and O–H groups in total. The second-order valence-corrected chi connectivity index (χ2v) is 10.8. The number of carbonyl (C=O) groups excluding carboxylic acids is 1. The zero-order valence-corrected chi connectivity index (χ0v) is 23.5. The Balaban J connectivity index is 1.65. The van der Waals surface area contributed by atoms with Gasteiger partial charge < -0.3 is 19.5 Å². The van der Waals surface area contributed by atoms with E-state index in [1.54, 1.807) is 19.2 Å². The van der Waals surface area contributed by atoms with Crippen LogP contribution in [0, 0.1) is 19.8 Å². The standard InChI is InChI=1S/C31H32ClN3O4/c1-17(2)16-39-25-11-10-21(13-26(25)38-5)30-27-28(22-14-23(32)19(4)12-24(22)36)33-34-29(27)31(37)35(30)15-20-8-6-18(3)7-9-20/h6-14,17,30,36H,15-16H2,1-5H3,(H,33,34). The van der Waals surface area contributed by atoms with Crippen molar-refractivity contribution in [2.75, 3.05) is 13.7 Å². The molecular weight excluding hydrogens is 514 g/mol. The summed E-state index contributed by atoms with van der Waals surface area (Å²) < 4.78 is 11.7. The third-order valence-corrected chi connectivity index (χ3v) is 7.35. The van der Waals surface area contributed by atoms with Crippen LogP contribution in [-0.2, 0) is 6.54 Å². The Kier molecular flexibility index (Phi) is 7.28. The van der Waals surface area contributed by atoms with Crippen LogP contribution in [0.5, 0.6) is 17.2 Å². The third-order valence-electron chi connectivity index (χ3n) is 6.94. The summed E-state index contributed by atoms with van der Waals surface area (Å²) in [6, 6.07) is 16.7. The van der Waals surface area contributed by atoms with E-state index < -0.39 is 6.04 Å². The number of methoxy groups -OCH3 is 1. The van der Waals surface area contributed by atoms with Crippen LogP contribution in [0.25, 0.3) is 11.3 Å². The van der Waals surface area contributed by atoms with Crippen molar-refractivity contribution in [3.63, 3.8) is 0 Å². The number of nitrogens with one attached hydrogen (secondary N) is 1.